The summed E-state index contributed by atoms with van der Waals surface area (Å²) in [6.45, 7) is 3.82. The minimum Gasteiger partial charge on any atom is -0.329 e. The first-order valence-corrected chi connectivity index (χ1v) is 7.54. The molecule has 4 nitrogen and oxygen atoms in total. The molecular weight excluding hydrogens is 295 g/mol. The Morgan fingerprint density at radius 1 is 1.33 bits per heavy atom. The number of aryl methyl sites for hydroxylation is 1. The van der Waals surface area contributed by atoms with Gasteiger partial charge in [0.15, 0.2) is 0 Å². The van der Waals surface area contributed by atoms with Gasteiger partial charge in [-0.2, -0.15) is 4.31 Å². The van der Waals surface area contributed by atoms with Gasteiger partial charge in [0.2, 0.25) is 10.0 Å². The summed E-state index contributed by atoms with van der Waals surface area (Å²) < 4.78 is 26.0. The normalized spacial score (nSPS) is 12.2. The fourth-order valence-corrected chi connectivity index (χ4v) is 3.92. The predicted octanol–water partition coefficient (Wildman–Crippen LogP) is 2.19. The van der Waals surface area contributed by atoms with E-state index < -0.39 is 10.0 Å². The van der Waals surface area contributed by atoms with Crippen molar-refractivity contribution in [2.24, 2.45) is 5.73 Å². The third-order valence-corrected chi connectivity index (χ3v) is 5.72. The van der Waals surface area contributed by atoms with Crippen LogP contribution >= 0.6 is 23.2 Å². The number of benzene rings is 1. The lowest BCUT2D eigenvalue weighted by molar-refractivity contribution is 0.476. The fraction of sp³-hybridized carbons (Fsp3) is 0.455. The van der Waals surface area contributed by atoms with Gasteiger partial charge in [-0.25, -0.2) is 8.42 Å². The average Bonchev–Trinajstić information content (AvgIpc) is 2.26. The van der Waals surface area contributed by atoms with Crippen LogP contribution in [0.5, 0.6) is 0 Å². The molecule has 0 aliphatic rings. The predicted molar refractivity (Wildman–Crippen MR) is 74.8 cm³/mol. The van der Waals surface area contributed by atoms with Crippen molar-refractivity contribution in [2.75, 3.05) is 20.1 Å². The number of rotatable bonds is 4. The lowest BCUT2D eigenvalue weighted by Gasteiger charge is -2.20. The molecule has 2 N–H and O–H groups in total. The maximum Gasteiger partial charge on any atom is 0.244 e. The van der Waals surface area contributed by atoms with Gasteiger partial charge in [-0.05, 0) is 31.0 Å². The van der Waals surface area contributed by atoms with Crippen LogP contribution in [0.3, 0.4) is 0 Å². The smallest absolute Gasteiger partial charge is 0.244 e. The lowest BCUT2D eigenvalue weighted by Crippen LogP contribution is -2.32. The largest absolute Gasteiger partial charge is 0.329 e. The Labute approximate surface area is 118 Å². The van der Waals surface area contributed by atoms with E-state index in [4.69, 9.17) is 28.9 Å². The standard InChI is InChI=1S/C11H16Cl2N2O2S/c1-7-6-9(12)8(2)11(10(7)13)18(16,17)15(3)5-4-14/h6H,4-5,14H2,1-3H3. The molecule has 0 amide bonds. The monoisotopic (exact) mass is 310 g/mol. The number of halogens is 2. The van der Waals surface area contributed by atoms with E-state index in [1.54, 1.807) is 19.9 Å². The van der Waals surface area contributed by atoms with Crippen LogP contribution in [0.15, 0.2) is 11.0 Å². The van der Waals surface area contributed by atoms with Crippen molar-refractivity contribution < 1.29 is 8.42 Å². The number of hydrogen-bond acceptors (Lipinski definition) is 3. The van der Waals surface area contributed by atoms with E-state index in [-0.39, 0.29) is 23.0 Å². The summed E-state index contributed by atoms with van der Waals surface area (Å²) in [4.78, 5) is 0.0603. The van der Waals surface area contributed by atoms with Crippen LogP contribution in [0.4, 0.5) is 0 Å². The van der Waals surface area contributed by atoms with Gasteiger partial charge in [-0.1, -0.05) is 23.2 Å². The molecule has 0 atom stereocenters. The minimum atomic E-state index is -3.67. The van der Waals surface area contributed by atoms with Crippen molar-refractivity contribution in [2.45, 2.75) is 18.7 Å². The zero-order valence-electron chi connectivity index (χ0n) is 10.5. The highest BCUT2D eigenvalue weighted by molar-refractivity contribution is 7.89. The molecule has 1 aromatic carbocycles. The van der Waals surface area contributed by atoms with Crippen molar-refractivity contribution in [3.05, 3.63) is 27.2 Å². The van der Waals surface area contributed by atoms with Gasteiger partial charge >= 0.3 is 0 Å². The molecule has 0 saturated carbocycles. The second-order valence-corrected chi connectivity index (χ2v) is 6.83. The van der Waals surface area contributed by atoms with Crippen LogP contribution in [-0.4, -0.2) is 32.9 Å². The van der Waals surface area contributed by atoms with E-state index in [1.165, 1.54) is 11.4 Å². The average molecular weight is 311 g/mol. The molecule has 0 spiro atoms. The van der Waals surface area contributed by atoms with Crippen LogP contribution in [0.1, 0.15) is 11.1 Å². The second kappa shape index (κ2) is 5.75. The molecule has 0 aromatic heterocycles. The van der Waals surface area contributed by atoms with E-state index >= 15 is 0 Å². The summed E-state index contributed by atoms with van der Waals surface area (Å²) in [5.74, 6) is 0. The molecule has 1 aromatic rings. The molecule has 0 unspecified atom stereocenters. The number of likely N-dealkylation sites (N-methyl/N-ethyl adjacent to an activating group) is 1. The lowest BCUT2D eigenvalue weighted by atomic mass is 10.2. The summed E-state index contributed by atoms with van der Waals surface area (Å²) in [5, 5.41) is 0.595. The molecular formula is C11H16Cl2N2O2S. The Kier molecular flexibility index (Phi) is 5.03. The van der Waals surface area contributed by atoms with Gasteiger partial charge in [0.1, 0.15) is 4.90 Å². The topological polar surface area (TPSA) is 63.4 Å². The van der Waals surface area contributed by atoms with Gasteiger partial charge < -0.3 is 5.73 Å². The Balaban J connectivity index is 3.51. The molecule has 0 saturated heterocycles. The Bertz CT molecular complexity index is 532. The van der Waals surface area contributed by atoms with E-state index in [0.29, 0.717) is 16.1 Å². The van der Waals surface area contributed by atoms with Crippen LogP contribution in [0, 0.1) is 13.8 Å². The summed E-state index contributed by atoms with van der Waals surface area (Å²) in [6, 6.07) is 1.65. The van der Waals surface area contributed by atoms with Gasteiger partial charge in [-0.15, -0.1) is 0 Å². The number of sulfonamides is 1. The maximum atomic E-state index is 12.4. The Hall–Kier alpha value is -0.330. The van der Waals surface area contributed by atoms with E-state index in [2.05, 4.69) is 0 Å². The number of hydrogen-bond donors (Lipinski definition) is 1. The van der Waals surface area contributed by atoms with E-state index in [1.807, 2.05) is 0 Å². The van der Waals surface area contributed by atoms with Gasteiger partial charge in [-0.3, -0.25) is 0 Å². The molecule has 0 fully saturated rings. The maximum absolute atomic E-state index is 12.4. The Morgan fingerprint density at radius 3 is 2.39 bits per heavy atom. The molecule has 7 heteroatoms. The van der Waals surface area contributed by atoms with E-state index in [0.717, 1.165) is 0 Å². The highest BCUT2D eigenvalue weighted by Gasteiger charge is 2.27. The number of nitrogens with two attached hydrogens (primary N) is 1. The first-order valence-electron chi connectivity index (χ1n) is 5.35. The highest BCUT2D eigenvalue weighted by Crippen LogP contribution is 2.34. The summed E-state index contributed by atoms with van der Waals surface area (Å²) in [5.41, 5.74) is 6.46. The third kappa shape index (κ3) is 2.81. The highest BCUT2D eigenvalue weighted by atomic mass is 35.5. The van der Waals surface area contributed by atoms with Crippen LogP contribution in [-0.2, 0) is 10.0 Å². The van der Waals surface area contributed by atoms with Crippen molar-refractivity contribution in [1.29, 1.82) is 0 Å². The van der Waals surface area contributed by atoms with Crippen LogP contribution < -0.4 is 5.73 Å². The van der Waals surface area contributed by atoms with Crippen LogP contribution in [0.2, 0.25) is 10.0 Å². The van der Waals surface area contributed by atoms with E-state index in [9.17, 15) is 8.42 Å². The minimum absolute atomic E-state index is 0.0603. The van der Waals surface area contributed by atoms with Gasteiger partial charge in [0.05, 0.1) is 5.02 Å². The van der Waals surface area contributed by atoms with Crippen molar-refractivity contribution >= 4 is 33.2 Å². The van der Waals surface area contributed by atoms with Crippen molar-refractivity contribution in [3.8, 4) is 0 Å². The molecule has 0 aliphatic heterocycles. The molecule has 18 heavy (non-hydrogen) atoms. The molecule has 102 valence electrons. The second-order valence-electron chi connectivity index (χ2n) is 4.06. The van der Waals surface area contributed by atoms with Crippen molar-refractivity contribution in [1.82, 2.24) is 4.31 Å². The molecule has 0 aliphatic carbocycles. The van der Waals surface area contributed by atoms with Crippen LogP contribution in [0.25, 0.3) is 0 Å². The van der Waals surface area contributed by atoms with Gasteiger partial charge in [0.25, 0.3) is 0 Å². The molecule has 0 bridgehead atoms. The zero-order chi connectivity index (χ0) is 14.1. The molecule has 0 heterocycles. The first kappa shape index (κ1) is 15.7. The van der Waals surface area contributed by atoms with Crippen molar-refractivity contribution in [3.63, 3.8) is 0 Å². The Morgan fingerprint density at radius 2 is 1.89 bits per heavy atom. The van der Waals surface area contributed by atoms with Gasteiger partial charge in [0, 0.05) is 25.2 Å². The third-order valence-electron chi connectivity index (χ3n) is 2.70. The zero-order valence-corrected chi connectivity index (χ0v) is 12.8. The summed E-state index contributed by atoms with van der Waals surface area (Å²) in [7, 11) is -2.20. The summed E-state index contributed by atoms with van der Waals surface area (Å²) >= 11 is 12.1. The molecule has 0 radical (unpaired) electrons. The summed E-state index contributed by atoms with van der Waals surface area (Å²) in [6.07, 6.45) is 0. The first-order chi connectivity index (χ1) is 8.23. The number of nitrogens with zero attached hydrogens (tertiary/aromatic N) is 1. The SMILES string of the molecule is Cc1cc(Cl)c(C)c(S(=O)(=O)N(C)CCN)c1Cl. The molecule has 1 rings (SSSR count). The quantitative estimate of drug-likeness (QED) is 0.927. The fourth-order valence-electron chi connectivity index (χ4n) is 1.58.